The first-order chi connectivity index (χ1) is 2.00. The molecule has 4 radical (unpaired) electrons. The van der Waals surface area contributed by atoms with Gasteiger partial charge in [0.25, 0.3) is 0 Å². The fourth-order valence-corrected chi connectivity index (χ4v) is 0. The van der Waals surface area contributed by atoms with Gasteiger partial charge in [-0.1, -0.05) is 0 Å². The number of hydrogen-bond acceptors (Lipinski definition) is 2. The molecule has 2 N–H and O–H groups in total. The zero-order valence-electron chi connectivity index (χ0n) is 2.62. The Bertz CT molecular complexity index is 90.7. The van der Waals surface area contributed by atoms with Gasteiger partial charge in [-0.15, -0.1) is 0 Å². The molecule has 0 spiro atoms. The van der Waals surface area contributed by atoms with Gasteiger partial charge >= 0.3 is 31.1 Å². The summed E-state index contributed by atoms with van der Waals surface area (Å²) in [5.41, 5.74) is 0. The Morgan fingerprint density at radius 1 is 1.17 bits per heavy atom. The molecule has 4 nitrogen and oxygen atoms in total. The Morgan fingerprint density at radius 2 is 1.17 bits per heavy atom. The van der Waals surface area contributed by atoms with Crippen LogP contribution in [0.1, 0.15) is 0 Å². The van der Waals surface area contributed by atoms with E-state index < -0.39 is 16.7 Å². The maximum atomic E-state index is 8.87. The van der Waals surface area contributed by atoms with E-state index in [1.807, 2.05) is 0 Å². The summed E-state index contributed by atoms with van der Waals surface area (Å²) in [6.07, 6.45) is 0. The summed E-state index contributed by atoms with van der Waals surface area (Å²) in [5.74, 6) is 0. The smallest absolute Gasteiger partial charge is 0 e. The van der Waals surface area contributed by atoms with Crippen molar-refractivity contribution in [1.29, 1.82) is 0 Å². The van der Waals surface area contributed by atoms with E-state index in [0.717, 1.165) is 0 Å². The molecule has 0 atom stereocenters. The van der Waals surface area contributed by atoms with E-state index in [1.54, 1.807) is 0 Å². The molecule has 0 aliphatic heterocycles. The molecule has 0 fully saturated rings. The molecule has 0 aromatic heterocycles. The maximum Gasteiger partial charge on any atom is 0 e. The van der Waals surface area contributed by atoms with Crippen LogP contribution in [0.15, 0.2) is 0 Å². The van der Waals surface area contributed by atoms with Crippen LogP contribution >= 0.6 is 0 Å². The van der Waals surface area contributed by atoms with Gasteiger partial charge in [-0.05, 0) is 0 Å². The van der Waals surface area contributed by atoms with Crippen molar-refractivity contribution in [3.8, 4) is 0 Å². The zero-order valence-corrected chi connectivity index (χ0v) is 9.44. The second kappa shape index (κ2) is 3.17. The summed E-state index contributed by atoms with van der Waals surface area (Å²) < 4.78 is 32.1. The van der Waals surface area contributed by atoms with Crippen molar-refractivity contribution < 1.29 is 31.1 Å². The molecule has 0 aromatic rings. The predicted octanol–water partition coefficient (Wildman–Crippen LogP) is -1.73. The first-order valence-electron chi connectivity index (χ1n) is 0.698. The Kier molecular flexibility index (Phi) is 5.39. The molecular weight excluding hydrogens is 455 g/mol. The fourth-order valence-electron chi connectivity index (χ4n) is 0. The third-order valence-electron chi connectivity index (χ3n) is 0. The van der Waals surface area contributed by atoms with Gasteiger partial charge < -0.3 is 0 Å². The molecule has 0 unspecified atom stereocenters. The topological polar surface area (TPSA) is 74.6 Å². The van der Waals surface area contributed by atoms with Crippen LogP contribution < -0.4 is 0 Å². The van der Waals surface area contributed by atoms with E-state index in [4.69, 9.17) is 14.3 Å². The number of rotatable bonds is 0. The van der Waals surface area contributed by atoms with Crippen LogP contribution in [0.2, 0.25) is 0 Å². The normalized spacial score (nSPS) is 9.67. The molecule has 0 saturated carbocycles. The molecule has 0 aliphatic rings. The Morgan fingerprint density at radius 3 is 1.17 bits per heavy atom. The van der Waals surface area contributed by atoms with Gasteiger partial charge in [-0.3, -0.25) is 0 Å². The monoisotopic (exact) mass is 458 g/mol. The van der Waals surface area contributed by atoms with Crippen LogP contribution in [0.4, 0.5) is 0 Å². The molecule has 0 aliphatic carbocycles. The van der Waals surface area contributed by atoms with Crippen molar-refractivity contribution in [2.75, 3.05) is 0 Å². The third-order valence-corrected chi connectivity index (χ3v) is 0. The van der Waals surface area contributed by atoms with Gasteiger partial charge in [0.05, 0.1) is 0 Å². The van der Waals surface area contributed by atoms with Gasteiger partial charge in [0.1, 0.15) is 0 Å². The van der Waals surface area contributed by atoms with Crippen molar-refractivity contribution in [1.82, 2.24) is 0 Å². The van der Waals surface area contributed by atoms with Gasteiger partial charge in [0, 0.05) is 27.3 Å². The molecule has 6 heteroatoms. The number of hydrogen-bond donors (Lipinski definition) is 2. The Labute approximate surface area is 58.1 Å². The Hall–Kier alpha value is 1.13. The van der Waals surface area contributed by atoms with Crippen LogP contribution in [-0.2, 0) is 23.5 Å². The quantitative estimate of drug-likeness (QED) is 0.425. The van der Waals surface area contributed by atoms with E-state index in [0.29, 0.717) is 0 Å². The van der Waals surface area contributed by atoms with Crippen LogP contribution in [0.3, 0.4) is 0 Å². The SMILES string of the molecule is [O]=[W](=[O])([OH])[OH].[Pb]. The van der Waals surface area contributed by atoms with Gasteiger partial charge in [0.15, 0.2) is 0 Å². The molecule has 0 amide bonds. The van der Waals surface area contributed by atoms with E-state index in [1.165, 1.54) is 0 Å². The second-order valence-corrected chi connectivity index (χ2v) is 3.67. The summed E-state index contributed by atoms with van der Waals surface area (Å²) in [7, 11) is 0. The molecular formula is H2O4PbW. The van der Waals surface area contributed by atoms with Crippen molar-refractivity contribution in [3.05, 3.63) is 0 Å². The summed E-state index contributed by atoms with van der Waals surface area (Å²) in [4.78, 5) is 0. The predicted molar refractivity (Wildman–Crippen MR) is 11.6 cm³/mol. The Balaban J connectivity index is 0. The molecule has 36 valence electrons. The van der Waals surface area contributed by atoms with Crippen molar-refractivity contribution in [2.24, 2.45) is 0 Å². The molecule has 0 heterocycles. The van der Waals surface area contributed by atoms with E-state index in [-0.39, 0.29) is 27.3 Å². The van der Waals surface area contributed by atoms with E-state index >= 15 is 0 Å². The summed E-state index contributed by atoms with van der Waals surface area (Å²) in [5, 5.41) is 0. The van der Waals surface area contributed by atoms with Crippen LogP contribution in [0.25, 0.3) is 0 Å². The molecule has 0 aromatic carbocycles. The summed E-state index contributed by atoms with van der Waals surface area (Å²) in [6, 6.07) is 0. The minimum atomic E-state index is -5.67. The van der Waals surface area contributed by atoms with Crippen molar-refractivity contribution in [2.45, 2.75) is 0 Å². The molecule has 0 bridgehead atoms. The minimum Gasteiger partial charge on any atom is 0 e. The molecule has 6 heavy (non-hydrogen) atoms. The molecule has 0 saturated heterocycles. The fraction of sp³-hybridized carbons (Fsp3) is 0. The first kappa shape index (κ1) is 10.2. The van der Waals surface area contributed by atoms with Crippen LogP contribution in [0, 0.1) is 0 Å². The van der Waals surface area contributed by atoms with Crippen LogP contribution in [0.5, 0.6) is 0 Å². The summed E-state index contributed by atoms with van der Waals surface area (Å²) >= 11 is -5.67. The van der Waals surface area contributed by atoms with Gasteiger partial charge in [0.2, 0.25) is 0 Å². The second-order valence-electron chi connectivity index (χ2n) is 0.448. The van der Waals surface area contributed by atoms with Crippen LogP contribution in [-0.4, -0.2) is 34.8 Å². The third kappa shape index (κ3) is 68.5. The largest absolute Gasteiger partial charge is 0 e. The van der Waals surface area contributed by atoms with Gasteiger partial charge in [-0.2, -0.15) is 0 Å². The zero-order chi connectivity index (χ0) is 4.50. The van der Waals surface area contributed by atoms with Crippen molar-refractivity contribution in [3.63, 3.8) is 0 Å². The maximum absolute atomic E-state index is 8.87. The average molecular weight is 457 g/mol. The van der Waals surface area contributed by atoms with E-state index in [9.17, 15) is 0 Å². The van der Waals surface area contributed by atoms with Gasteiger partial charge in [-0.25, -0.2) is 0 Å². The average Bonchev–Trinajstić information content (AvgIpc) is 0.722. The van der Waals surface area contributed by atoms with Crippen molar-refractivity contribution >= 4 is 27.3 Å². The van der Waals surface area contributed by atoms with E-state index in [2.05, 4.69) is 0 Å². The minimum absolute atomic E-state index is 0. The summed E-state index contributed by atoms with van der Waals surface area (Å²) in [6.45, 7) is 0. The first-order valence-corrected chi connectivity index (χ1v) is 5.72. The standard InChI is InChI=1S/2H2O.2O.Pb.W/h2*1H2;;;;/q;;;;;+2/p-2. The molecule has 0 rings (SSSR count).